The fraction of sp³-hybridized carbons (Fsp3) is 0.429. The van der Waals surface area contributed by atoms with E-state index in [-0.39, 0.29) is 6.61 Å². The van der Waals surface area contributed by atoms with E-state index in [1.54, 1.807) is 6.92 Å². The smallest absolute Gasteiger partial charge is 0.332 e. The van der Waals surface area contributed by atoms with Crippen molar-refractivity contribution < 1.29 is 14.3 Å². The van der Waals surface area contributed by atoms with Gasteiger partial charge >= 0.3 is 5.97 Å². The molecule has 5 heteroatoms. The molecule has 1 atom stereocenters. The lowest BCUT2D eigenvalue weighted by Crippen LogP contribution is -2.43. The van der Waals surface area contributed by atoms with Crippen molar-refractivity contribution >= 4 is 17.6 Å². The minimum atomic E-state index is -1.30. The quantitative estimate of drug-likeness (QED) is 0.622. The molecule has 0 heterocycles. The molecule has 5 nitrogen and oxygen atoms in total. The number of nitrogens with two attached hydrogens (primary N) is 1. The Morgan fingerprint density at radius 1 is 1.37 bits per heavy atom. The number of esters is 1. The number of aryl methyl sites for hydroxylation is 2. The molecule has 0 fully saturated rings. The molecule has 19 heavy (non-hydrogen) atoms. The van der Waals surface area contributed by atoms with Gasteiger partial charge in [-0.2, -0.15) is 0 Å². The van der Waals surface area contributed by atoms with E-state index >= 15 is 0 Å². The molecule has 1 amide bonds. The number of para-hydroxylation sites is 1. The van der Waals surface area contributed by atoms with Crippen LogP contribution >= 0.6 is 0 Å². The van der Waals surface area contributed by atoms with E-state index in [9.17, 15) is 9.59 Å². The number of carbonyl (C=O) groups excluding carboxylic acids is 2. The average Bonchev–Trinajstić information content (AvgIpc) is 2.40. The summed E-state index contributed by atoms with van der Waals surface area (Å²) < 4.78 is 4.72. The lowest BCUT2D eigenvalue weighted by Gasteiger charge is -2.15. The third kappa shape index (κ3) is 3.79. The molecule has 104 valence electrons. The molecule has 0 saturated carbocycles. The van der Waals surface area contributed by atoms with Gasteiger partial charge in [0.15, 0.2) is 6.04 Å². The molecule has 0 spiro atoms. The molecule has 1 unspecified atom stereocenters. The Morgan fingerprint density at radius 2 is 2.05 bits per heavy atom. The van der Waals surface area contributed by atoms with Crippen molar-refractivity contribution in [2.24, 2.45) is 5.73 Å². The van der Waals surface area contributed by atoms with Crippen LogP contribution in [-0.2, 0) is 20.7 Å². The summed E-state index contributed by atoms with van der Waals surface area (Å²) in [6.07, 6.45) is 0.784. The second-order valence-corrected chi connectivity index (χ2v) is 4.18. The molecule has 1 aromatic carbocycles. The van der Waals surface area contributed by atoms with Gasteiger partial charge in [-0.15, -0.1) is 0 Å². The Bertz CT molecular complexity index is 472. The van der Waals surface area contributed by atoms with Crippen molar-refractivity contribution in [3.63, 3.8) is 0 Å². The maximum Gasteiger partial charge on any atom is 0.332 e. The maximum absolute atomic E-state index is 11.9. The van der Waals surface area contributed by atoms with Crippen LogP contribution in [-0.4, -0.2) is 24.5 Å². The van der Waals surface area contributed by atoms with Crippen molar-refractivity contribution in [3.8, 4) is 0 Å². The van der Waals surface area contributed by atoms with E-state index < -0.39 is 17.9 Å². The molecular weight excluding hydrogens is 244 g/mol. The van der Waals surface area contributed by atoms with E-state index in [2.05, 4.69) is 5.32 Å². The molecule has 0 aliphatic heterocycles. The third-order valence-electron chi connectivity index (χ3n) is 2.81. The first-order valence-electron chi connectivity index (χ1n) is 6.32. The van der Waals surface area contributed by atoms with E-state index in [0.717, 1.165) is 23.2 Å². The third-order valence-corrected chi connectivity index (χ3v) is 2.81. The van der Waals surface area contributed by atoms with Crippen LogP contribution < -0.4 is 11.1 Å². The average molecular weight is 264 g/mol. The predicted molar refractivity (Wildman–Crippen MR) is 73.8 cm³/mol. The van der Waals surface area contributed by atoms with Gasteiger partial charge < -0.3 is 15.8 Å². The van der Waals surface area contributed by atoms with Crippen molar-refractivity contribution in [2.45, 2.75) is 33.2 Å². The van der Waals surface area contributed by atoms with Crippen LogP contribution in [0.3, 0.4) is 0 Å². The number of benzene rings is 1. The van der Waals surface area contributed by atoms with E-state index in [1.807, 2.05) is 32.0 Å². The highest BCUT2D eigenvalue weighted by Gasteiger charge is 2.24. The molecule has 3 N–H and O–H groups in total. The summed E-state index contributed by atoms with van der Waals surface area (Å²) in [7, 11) is 0. The largest absolute Gasteiger partial charge is 0.464 e. The lowest BCUT2D eigenvalue weighted by atomic mass is 10.1. The van der Waals surface area contributed by atoms with Gasteiger partial charge in [-0.25, -0.2) is 4.79 Å². The van der Waals surface area contributed by atoms with Gasteiger partial charge in [-0.3, -0.25) is 4.79 Å². The molecule has 0 radical (unpaired) electrons. The molecular formula is C14H20N2O3. The van der Waals surface area contributed by atoms with E-state index in [0.29, 0.717) is 0 Å². The van der Waals surface area contributed by atoms with Crippen LogP contribution in [0.4, 0.5) is 5.69 Å². The van der Waals surface area contributed by atoms with Crippen molar-refractivity contribution in [3.05, 3.63) is 29.3 Å². The van der Waals surface area contributed by atoms with Crippen molar-refractivity contribution in [1.29, 1.82) is 0 Å². The van der Waals surface area contributed by atoms with E-state index in [1.165, 1.54) is 0 Å². The van der Waals surface area contributed by atoms with Crippen molar-refractivity contribution in [2.75, 3.05) is 11.9 Å². The van der Waals surface area contributed by atoms with Crippen molar-refractivity contribution in [1.82, 2.24) is 0 Å². The summed E-state index contributed by atoms with van der Waals surface area (Å²) in [5, 5.41) is 2.70. The zero-order valence-electron chi connectivity index (χ0n) is 11.5. The Balaban J connectivity index is 2.85. The number of rotatable bonds is 5. The minimum Gasteiger partial charge on any atom is -0.464 e. The summed E-state index contributed by atoms with van der Waals surface area (Å²) in [6.45, 7) is 5.75. The van der Waals surface area contributed by atoms with Crippen LogP contribution in [0.5, 0.6) is 0 Å². The predicted octanol–water partition coefficient (Wildman–Crippen LogP) is 1.39. The number of hydrogen-bond acceptors (Lipinski definition) is 4. The Kier molecular flexibility index (Phi) is 5.51. The molecule has 1 rings (SSSR count). The minimum absolute atomic E-state index is 0.199. The summed E-state index contributed by atoms with van der Waals surface area (Å²) in [5.74, 6) is -1.27. The van der Waals surface area contributed by atoms with Gasteiger partial charge in [0.25, 0.3) is 5.91 Å². The Morgan fingerprint density at radius 3 is 2.63 bits per heavy atom. The topological polar surface area (TPSA) is 81.4 Å². The van der Waals surface area contributed by atoms with Gasteiger partial charge in [0.05, 0.1) is 6.61 Å². The number of hydrogen-bond donors (Lipinski definition) is 2. The zero-order valence-corrected chi connectivity index (χ0v) is 11.5. The number of carbonyl (C=O) groups is 2. The van der Waals surface area contributed by atoms with E-state index in [4.69, 9.17) is 10.5 Å². The highest BCUT2D eigenvalue weighted by molar-refractivity contribution is 6.08. The number of amides is 1. The summed E-state index contributed by atoms with van der Waals surface area (Å²) >= 11 is 0. The van der Waals surface area contributed by atoms with Crippen LogP contribution in [0.2, 0.25) is 0 Å². The van der Waals surface area contributed by atoms with Gasteiger partial charge in [0.1, 0.15) is 0 Å². The molecule has 0 aliphatic rings. The van der Waals surface area contributed by atoms with Crippen LogP contribution in [0.15, 0.2) is 18.2 Å². The highest BCUT2D eigenvalue weighted by Crippen LogP contribution is 2.21. The maximum atomic E-state index is 11.9. The first kappa shape index (κ1) is 15.2. The van der Waals surface area contributed by atoms with Gasteiger partial charge in [0.2, 0.25) is 0 Å². The lowest BCUT2D eigenvalue weighted by molar-refractivity contribution is -0.146. The van der Waals surface area contributed by atoms with Crippen LogP contribution in [0, 0.1) is 6.92 Å². The summed E-state index contributed by atoms with van der Waals surface area (Å²) in [6, 6.07) is 4.45. The zero-order chi connectivity index (χ0) is 14.4. The molecule has 0 aliphatic carbocycles. The SMILES string of the molecule is CCOC(=O)C(N)C(=O)Nc1c(C)cccc1CC. The van der Waals surface area contributed by atoms with Crippen LogP contribution in [0.1, 0.15) is 25.0 Å². The fourth-order valence-electron chi connectivity index (χ4n) is 1.74. The molecule has 1 aromatic rings. The van der Waals surface area contributed by atoms with Gasteiger partial charge in [-0.1, -0.05) is 25.1 Å². The Hall–Kier alpha value is -1.88. The first-order valence-corrected chi connectivity index (χ1v) is 6.32. The summed E-state index contributed by atoms with van der Waals surface area (Å²) in [5.41, 5.74) is 8.21. The molecule has 0 saturated heterocycles. The molecule has 0 bridgehead atoms. The fourth-order valence-corrected chi connectivity index (χ4v) is 1.74. The van der Waals surface area contributed by atoms with Crippen LogP contribution in [0.25, 0.3) is 0 Å². The Labute approximate surface area is 113 Å². The monoisotopic (exact) mass is 264 g/mol. The normalized spacial score (nSPS) is 11.8. The second kappa shape index (κ2) is 6.89. The van der Waals surface area contributed by atoms with Gasteiger partial charge in [-0.05, 0) is 31.4 Å². The second-order valence-electron chi connectivity index (χ2n) is 4.18. The van der Waals surface area contributed by atoms with Gasteiger partial charge in [0, 0.05) is 5.69 Å². The summed E-state index contributed by atoms with van der Waals surface area (Å²) in [4.78, 5) is 23.3. The highest BCUT2D eigenvalue weighted by atomic mass is 16.5. The standard InChI is InChI=1S/C14H20N2O3/c1-4-10-8-6-7-9(3)12(10)16-13(17)11(15)14(18)19-5-2/h6-8,11H,4-5,15H2,1-3H3,(H,16,17). The number of anilines is 1. The number of nitrogens with one attached hydrogen (secondary N) is 1. The molecule has 0 aromatic heterocycles. The number of ether oxygens (including phenoxy) is 1. The first-order chi connectivity index (χ1) is 9.01.